The second-order valence-corrected chi connectivity index (χ2v) is 8.19. The van der Waals surface area contributed by atoms with Crippen LogP contribution in [0.15, 0.2) is 40.6 Å². The predicted molar refractivity (Wildman–Crippen MR) is 80.0 cm³/mol. The number of rotatable bonds is 4. The average Bonchev–Trinajstić information content (AvgIpc) is 2.85. The van der Waals surface area contributed by atoms with E-state index in [2.05, 4.69) is 5.32 Å². The Balaban J connectivity index is 2.04. The number of carbonyl (C=O) groups is 1. The van der Waals surface area contributed by atoms with Crippen LogP contribution in [0.4, 0.5) is 0 Å². The van der Waals surface area contributed by atoms with E-state index >= 15 is 0 Å². The highest BCUT2D eigenvalue weighted by Crippen LogP contribution is 2.24. The van der Waals surface area contributed by atoms with Crippen LogP contribution in [0.5, 0.6) is 0 Å². The first kappa shape index (κ1) is 15.3. The molecule has 1 amide bonds. The van der Waals surface area contributed by atoms with E-state index in [0.717, 1.165) is 11.3 Å². The van der Waals surface area contributed by atoms with Crippen LogP contribution < -0.4 is 5.32 Å². The van der Waals surface area contributed by atoms with Crippen molar-refractivity contribution in [2.24, 2.45) is 0 Å². The van der Waals surface area contributed by atoms with Gasteiger partial charge in [-0.1, -0.05) is 23.7 Å². The summed E-state index contributed by atoms with van der Waals surface area (Å²) < 4.78 is 22.3. The highest BCUT2D eigenvalue weighted by molar-refractivity contribution is 8.15. The molecule has 1 aromatic heterocycles. The molecule has 106 valence electrons. The third-order valence-electron chi connectivity index (χ3n) is 2.42. The van der Waals surface area contributed by atoms with Crippen molar-refractivity contribution in [3.8, 4) is 0 Å². The van der Waals surface area contributed by atoms with E-state index in [1.807, 2.05) is 0 Å². The van der Waals surface area contributed by atoms with Crippen LogP contribution in [0.25, 0.3) is 0 Å². The summed E-state index contributed by atoms with van der Waals surface area (Å²) in [5, 5.41) is 3.03. The molecule has 0 aliphatic carbocycles. The molecule has 2 rings (SSSR count). The van der Waals surface area contributed by atoms with E-state index in [1.165, 1.54) is 6.07 Å². The van der Waals surface area contributed by atoms with Crippen LogP contribution in [0.1, 0.15) is 15.2 Å². The van der Waals surface area contributed by atoms with Crippen LogP contribution in [-0.2, 0) is 15.6 Å². The van der Waals surface area contributed by atoms with Crippen molar-refractivity contribution in [3.05, 3.63) is 51.9 Å². The van der Waals surface area contributed by atoms with Gasteiger partial charge in [-0.3, -0.25) is 4.79 Å². The van der Waals surface area contributed by atoms with Crippen LogP contribution in [0, 0.1) is 0 Å². The molecule has 0 aliphatic heterocycles. The van der Waals surface area contributed by atoms with Crippen molar-refractivity contribution in [2.75, 3.05) is 0 Å². The first-order valence-corrected chi connectivity index (χ1v) is 8.94. The Morgan fingerprint density at radius 2 is 1.90 bits per heavy atom. The molecule has 0 unspecified atom stereocenters. The van der Waals surface area contributed by atoms with E-state index < -0.39 is 9.05 Å². The lowest BCUT2D eigenvalue weighted by atomic mass is 10.2. The second kappa shape index (κ2) is 6.13. The predicted octanol–water partition coefficient (Wildman–Crippen LogP) is 3.26. The Kier molecular flexibility index (Phi) is 4.70. The molecule has 0 aliphatic rings. The number of halogens is 2. The van der Waals surface area contributed by atoms with E-state index in [0.29, 0.717) is 15.5 Å². The number of amides is 1. The summed E-state index contributed by atoms with van der Waals surface area (Å²) in [4.78, 5) is 12.6. The quantitative estimate of drug-likeness (QED) is 0.861. The van der Waals surface area contributed by atoms with Gasteiger partial charge in [0.25, 0.3) is 15.0 Å². The third-order valence-corrected chi connectivity index (χ3v) is 5.93. The van der Waals surface area contributed by atoms with Gasteiger partial charge in [0.2, 0.25) is 0 Å². The molecule has 1 heterocycles. The Bertz CT molecular complexity index is 741. The molecule has 0 atom stereocenters. The molecule has 1 aromatic carbocycles. The van der Waals surface area contributed by atoms with Crippen LogP contribution in [0.2, 0.25) is 5.02 Å². The van der Waals surface area contributed by atoms with Gasteiger partial charge in [0.1, 0.15) is 4.21 Å². The van der Waals surface area contributed by atoms with Crippen molar-refractivity contribution in [3.63, 3.8) is 0 Å². The van der Waals surface area contributed by atoms with E-state index in [1.54, 1.807) is 30.3 Å². The average molecular weight is 350 g/mol. The van der Waals surface area contributed by atoms with Crippen molar-refractivity contribution >= 4 is 48.6 Å². The van der Waals surface area contributed by atoms with Crippen molar-refractivity contribution in [1.82, 2.24) is 5.32 Å². The fraction of sp³-hybridized carbons (Fsp3) is 0.0833. The van der Waals surface area contributed by atoms with Crippen LogP contribution >= 0.6 is 33.6 Å². The molecule has 0 fully saturated rings. The lowest BCUT2D eigenvalue weighted by molar-refractivity contribution is 0.0951. The molecular weight excluding hydrogens is 341 g/mol. The van der Waals surface area contributed by atoms with Crippen molar-refractivity contribution in [2.45, 2.75) is 10.8 Å². The van der Waals surface area contributed by atoms with E-state index in [4.69, 9.17) is 22.3 Å². The molecule has 4 nitrogen and oxygen atoms in total. The standard InChI is InChI=1S/C12H9Cl2NO3S2/c13-10-4-2-1-3-9(10)12(16)15-7-8-5-6-11(19-8)20(14,17)18/h1-6H,7H2,(H,15,16). The minimum atomic E-state index is -3.72. The van der Waals surface area contributed by atoms with Crippen molar-refractivity contribution in [1.29, 1.82) is 0 Å². The summed E-state index contributed by atoms with van der Waals surface area (Å²) >= 11 is 6.92. The Morgan fingerprint density at radius 1 is 1.20 bits per heavy atom. The van der Waals surface area contributed by atoms with Gasteiger partial charge >= 0.3 is 0 Å². The molecule has 2 aromatic rings. The van der Waals surface area contributed by atoms with Gasteiger partial charge in [0, 0.05) is 15.6 Å². The summed E-state index contributed by atoms with van der Waals surface area (Å²) in [6.07, 6.45) is 0. The van der Waals surface area contributed by atoms with Gasteiger partial charge in [-0.2, -0.15) is 0 Å². The largest absolute Gasteiger partial charge is 0.347 e. The first-order valence-electron chi connectivity index (χ1n) is 5.44. The number of benzene rings is 1. The van der Waals surface area contributed by atoms with Gasteiger partial charge in [0.15, 0.2) is 0 Å². The molecule has 0 radical (unpaired) electrons. The summed E-state index contributed by atoms with van der Waals surface area (Å²) in [5.74, 6) is -0.320. The van der Waals surface area contributed by atoms with Gasteiger partial charge < -0.3 is 5.32 Å². The fourth-order valence-electron chi connectivity index (χ4n) is 1.49. The smallest absolute Gasteiger partial charge is 0.270 e. The lowest BCUT2D eigenvalue weighted by Crippen LogP contribution is -2.22. The fourth-order valence-corrected chi connectivity index (χ4v) is 3.78. The lowest BCUT2D eigenvalue weighted by Gasteiger charge is -2.05. The zero-order valence-electron chi connectivity index (χ0n) is 9.97. The maximum absolute atomic E-state index is 11.9. The van der Waals surface area contributed by atoms with Gasteiger partial charge in [0.05, 0.1) is 17.1 Å². The van der Waals surface area contributed by atoms with Crippen molar-refractivity contribution < 1.29 is 13.2 Å². The molecule has 8 heteroatoms. The normalized spacial score (nSPS) is 11.3. The SMILES string of the molecule is O=C(NCc1ccc(S(=O)(=O)Cl)s1)c1ccccc1Cl. The Morgan fingerprint density at radius 3 is 2.50 bits per heavy atom. The van der Waals surface area contributed by atoms with Crippen LogP contribution in [0.3, 0.4) is 0 Å². The highest BCUT2D eigenvalue weighted by Gasteiger charge is 2.14. The number of carbonyl (C=O) groups excluding carboxylic acids is 1. The third kappa shape index (κ3) is 3.73. The number of thiophene rings is 1. The molecule has 0 spiro atoms. The minimum Gasteiger partial charge on any atom is -0.347 e. The zero-order chi connectivity index (χ0) is 14.8. The zero-order valence-corrected chi connectivity index (χ0v) is 13.1. The molecule has 20 heavy (non-hydrogen) atoms. The Labute approximate surface area is 129 Å². The Hall–Kier alpha value is -1.08. The number of hydrogen-bond donors (Lipinski definition) is 1. The summed E-state index contributed by atoms with van der Waals surface area (Å²) in [6.45, 7) is 0.209. The molecule has 0 bridgehead atoms. The number of nitrogens with one attached hydrogen (secondary N) is 1. The topological polar surface area (TPSA) is 63.2 Å². The van der Waals surface area contributed by atoms with Crippen LogP contribution in [-0.4, -0.2) is 14.3 Å². The summed E-state index contributed by atoms with van der Waals surface area (Å²) in [6, 6.07) is 9.69. The molecule has 0 saturated heterocycles. The van der Waals surface area contributed by atoms with Gasteiger partial charge in [-0.05, 0) is 24.3 Å². The van der Waals surface area contributed by atoms with Gasteiger partial charge in [-0.15, -0.1) is 11.3 Å². The summed E-state index contributed by atoms with van der Waals surface area (Å²) in [7, 11) is 1.51. The maximum Gasteiger partial charge on any atom is 0.270 e. The second-order valence-electron chi connectivity index (χ2n) is 3.82. The number of hydrogen-bond acceptors (Lipinski definition) is 4. The first-order chi connectivity index (χ1) is 9.38. The molecule has 1 N–H and O–H groups in total. The van der Waals surface area contributed by atoms with E-state index in [9.17, 15) is 13.2 Å². The molecule has 0 saturated carbocycles. The maximum atomic E-state index is 11.9. The monoisotopic (exact) mass is 349 g/mol. The minimum absolute atomic E-state index is 0.0566. The highest BCUT2D eigenvalue weighted by atomic mass is 35.7. The molecular formula is C12H9Cl2NO3S2. The summed E-state index contributed by atoms with van der Waals surface area (Å²) in [5.41, 5.74) is 0.371. The van der Waals surface area contributed by atoms with E-state index in [-0.39, 0.29) is 16.7 Å². The van der Waals surface area contributed by atoms with Gasteiger partial charge in [-0.25, -0.2) is 8.42 Å².